The normalized spacial score (nSPS) is 12.7. The number of hydrogen-bond acceptors (Lipinski definition) is 3. The maximum atomic E-state index is 13.4. The zero-order valence-electron chi connectivity index (χ0n) is 9.76. The Kier molecular flexibility index (Phi) is 3.19. The van der Waals surface area contributed by atoms with Gasteiger partial charge in [-0.1, -0.05) is 18.2 Å². The Bertz CT molecular complexity index is 524. The number of rotatable bonds is 3. The molecule has 1 aromatic heterocycles. The summed E-state index contributed by atoms with van der Waals surface area (Å²) in [4.78, 5) is 0. The van der Waals surface area contributed by atoms with Gasteiger partial charge in [0.15, 0.2) is 0 Å². The Labute approximate surface area is 98.7 Å². The van der Waals surface area contributed by atoms with Crippen molar-refractivity contribution in [2.24, 2.45) is 0 Å². The zero-order valence-corrected chi connectivity index (χ0v) is 9.76. The van der Waals surface area contributed by atoms with Crippen LogP contribution in [0.25, 0.3) is 5.69 Å². The smallest absolute Gasteiger partial charge is 0.128 e. The lowest BCUT2D eigenvalue weighted by Gasteiger charge is -2.05. The molecular formula is C12H14FN3O. The van der Waals surface area contributed by atoms with Crippen LogP contribution in [0.1, 0.15) is 30.7 Å². The molecule has 0 radical (unpaired) electrons. The summed E-state index contributed by atoms with van der Waals surface area (Å²) in [6.45, 7) is 3.54. The Morgan fingerprint density at radius 3 is 2.94 bits per heavy atom. The van der Waals surface area contributed by atoms with Crippen molar-refractivity contribution >= 4 is 0 Å². The van der Waals surface area contributed by atoms with E-state index in [0.717, 1.165) is 0 Å². The van der Waals surface area contributed by atoms with Crippen LogP contribution in [0.4, 0.5) is 4.39 Å². The van der Waals surface area contributed by atoms with Crippen LogP contribution in [-0.2, 0) is 0 Å². The van der Waals surface area contributed by atoms with Crippen molar-refractivity contribution in [3.05, 3.63) is 41.5 Å². The van der Waals surface area contributed by atoms with Gasteiger partial charge in [-0.15, -0.1) is 5.10 Å². The first kappa shape index (κ1) is 11.7. The number of aliphatic hydroxyl groups excluding tert-OH is 1. The van der Waals surface area contributed by atoms with Crippen molar-refractivity contribution in [3.63, 3.8) is 0 Å². The van der Waals surface area contributed by atoms with Crippen molar-refractivity contribution in [2.45, 2.75) is 26.4 Å². The number of aromatic nitrogens is 3. The minimum absolute atomic E-state index is 0.282. The molecule has 0 aliphatic carbocycles. The summed E-state index contributed by atoms with van der Waals surface area (Å²) in [5.41, 5.74) is 1.64. The molecule has 17 heavy (non-hydrogen) atoms. The van der Waals surface area contributed by atoms with E-state index in [2.05, 4.69) is 10.3 Å². The first-order valence-electron chi connectivity index (χ1n) is 5.49. The summed E-state index contributed by atoms with van der Waals surface area (Å²) in [5, 5.41) is 17.4. The first-order valence-corrected chi connectivity index (χ1v) is 5.49. The molecule has 0 saturated heterocycles. The summed E-state index contributed by atoms with van der Waals surface area (Å²) in [6, 6.07) is 4.78. The maximum absolute atomic E-state index is 13.4. The molecule has 0 aliphatic rings. The molecule has 2 aromatic rings. The van der Waals surface area contributed by atoms with Gasteiger partial charge < -0.3 is 5.11 Å². The average molecular weight is 235 g/mol. The minimum Gasteiger partial charge on any atom is -0.387 e. The number of aliphatic hydroxyl groups is 1. The monoisotopic (exact) mass is 235 g/mol. The van der Waals surface area contributed by atoms with Crippen LogP contribution in [0.3, 0.4) is 0 Å². The van der Waals surface area contributed by atoms with E-state index in [9.17, 15) is 9.50 Å². The molecule has 0 saturated carbocycles. The summed E-state index contributed by atoms with van der Waals surface area (Å²) in [5.74, 6) is -0.282. The molecule has 0 spiro atoms. The molecule has 1 N–H and O–H groups in total. The fourth-order valence-electron chi connectivity index (χ4n) is 1.60. The van der Waals surface area contributed by atoms with E-state index >= 15 is 0 Å². The lowest BCUT2D eigenvalue weighted by atomic mass is 10.2. The van der Waals surface area contributed by atoms with E-state index in [1.165, 1.54) is 10.7 Å². The predicted molar refractivity (Wildman–Crippen MR) is 61.3 cm³/mol. The summed E-state index contributed by atoms with van der Waals surface area (Å²) in [6.07, 6.45) is 1.56. The predicted octanol–water partition coefficient (Wildman–Crippen LogP) is 2.16. The van der Waals surface area contributed by atoms with E-state index in [1.807, 2.05) is 6.92 Å². The second-order valence-electron chi connectivity index (χ2n) is 3.90. The van der Waals surface area contributed by atoms with Crippen LogP contribution in [0.5, 0.6) is 0 Å². The van der Waals surface area contributed by atoms with Gasteiger partial charge in [-0.25, -0.2) is 9.07 Å². The lowest BCUT2D eigenvalue weighted by Crippen LogP contribution is -1.99. The fraction of sp³-hybridized carbons (Fsp3) is 0.333. The van der Waals surface area contributed by atoms with Gasteiger partial charge in [0, 0.05) is 5.56 Å². The Hall–Kier alpha value is -1.75. The van der Waals surface area contributed by atoms with Crippen LogP contribution < -0.4 is 0 Å². The topological polar surface area (TPSA) is 50.9 Å². The molecule has 1 aromatic carbocycles. The van der Waals surface area contributed by atoms with Gasteiger partial charge in [0.2, 0.25) is 0 Å². The molecule has 5 heteroatoms. The fourth-order valence-corrected chi connectivity index (χ4v) is 1.60. The minimum atomic E-state index is -0.627. The third kappa shape index (κ3) is 2.19. The molecule has 0 amide bonds. The highest BCUT2D eigenvalue weighted by molar-refractivity contribution is 5.40. The van der Waals surface area contributed by atoms with E-state index in [4.69, 9.17) is 0 Å². The molecule has 1 unspecified atom stereocenters. The van der Waals surface area contributed by atoms with Gasteiger partial charge in [0.25, 0.3) is 0 Å². The summed E-state index contributed by atoms with van der Waals surface area (Å²) < 4.78 is 14.9. The first-order chi connectivity index (χ1) is 8.13. The molecule has 1 heterocycles. The van der Waals surface area contributed by atoms with Crippen LogP contribution in [0.15, 0.2) is 24.4 Å². The van der Waals surface area contributed by atoms with Crippen molar-refractivity contribution in [1.82, 2.24) is 15.0 Å². The van der Waals surface area contributed by atoms with Crippen molar-refractivity contribution in [3.8, 4) is 5.69 Å². The molecule has 1 atom stereocenters. The van der Waals surface area contributed by atoms with Crippen LogP contribution in [0.2, 0.25) is 0 Å². The van der Waals surface area contributed by atoms with E-state index < -0.39 is 6.10 Å². The average Bonchev–Trinajstić information content (AvgIpc) is 2.81. The lowest BCUT2D eigenvalue weighted by molar-refractivity contribution is 0.169. The van der Waals surface area contributed by atoms with Crippen molar-refractivity contribution in [1.29, 1.82) is 0 Å². The molecule has 90 valence electrons. The van der Waals surface area contributed by atoms with Crippen LogP contribution in [0, 0.1) is 12.7 Å². The van der Waals surface area contributed by atoms with Gasteiger partial charge in [-0.2, -0.15) is 0 Å². The van der Waals surface area contributed by atoms with Gasteiger partial charge in [-0.3, -0.25) is 0 Å². The molecule has 4 nitrogen and oxygen atoms in total. The molecule has 0 fully saturated rings. The Balaban J connectivity index is 2.40. The summed E-state index contributed by atoms with van der Waals surface area (Å²) >= 11 is 0. The molecular weight excluding hydrogens is 221 g/mol. The molecule has 2 rings (SSSR count). The van der Waals surface area contributed by atoms with Gasteiger partial charge in [0.05, 0.1) is 18.0 Å². The van der Waals surface area contributed by atoms with Gasteiger partial charge in [0.1, 0.15) is 11.5 Å². The second kappa shape index (κ2) is 4.63. The van der Waals surface area contributed by atoms with Crippen LogP contribution >= 0.6 is 0 Å². The van der Waals surface area contributed by atoms with E-state index in [-0.39, 0.29) is 5.82 Å². The quantitative estimate of drug-likeness (QED) is 0.886. The number of nitrogens with zero attached hydrogens (tertiary/aromatic N) is 3. The number of benzene rings is 1. The zero-order chi connectivity index (χ0) is 12.4. The largest absolute Gasteiger partial charge is 0.387 e. The SMILES string of the molecule is CCC(O)c1cn(-c2cccc(F)c2C)nn1. The highest BCUT2D eigenvalue weighted by Crippen LogP contribution is 2.18. The molecule has 0 aliphatic heterocycles. The molecule has 0 bridgehead atoms. The van der Waals surface area contributed by atoms with Crippen molar-refractivity contribution < 1.29 is 9.50 Å². The Morgan fingerprint density at radius 2 is 2.24 bits per heavy atom. The van der Waals surface area contributed by atoms with Crippen molar-refractivity contribution in [2.75, 3.05) is 0 Å². The Morgan fingerprint density at radius 1 is 1.47 bits per heavy atom. The highest BCUT2D eigenvalue weighted by Gasteiger charge is 2.12. The highest BCUT2D eigenvalue weighted by atomic mass is 19.1. The second-order valence-corrected chi connectivity index (χ2v) is 3.90. The maximum Gasteiger partial charge on any atom is 0.128 e. The van der Waals surface area contributed by atoms with E-state index in [0.29, 0.717) is 23.4 Å². The van der Waals surface area contributed by atoms with Gasteiger partial charge in [-0.05, 0) is 25.5 Å². The number of halogens is 1. The summed E-state index contributed by atoms with van der Waals surface area (Å²) in [7, 11) is 0. The standard InChI is InChI=1S/C12H14FN3O/c1-3-12(17)10-7-16(15-14-10)11-6-4-5-9(13)8(11)2/h4-7,12,17H,3H2,1-2H3. The van der Waals surface area contributed by atoms with E-state index in [1.54, 1.807) is 25.3 Å². The third-order valence-electron chi connectivity index (χ3n) is 2.73. The number of hydrogen-bond donors (Lipinski definition) is 1. The van der Waals surface area contributed by atoms with Gasteiger partial charge >= 0.3 is 0 Å². The third-order valence-corrected chi connectivity index (χ3v) is 2.73. The van der Waals surface area contributed by atoms with Crippen LogP contribution in [-0.4, -0.2) is 20.1 Å².